The molecule has 33 heavy (non-hydrogen) atoms. The van der Waals surface area contributed by atoms with Crippen molar-refractivity contribution in [1.82, 2.24) is 35.1 Å². The number of pyridine rings is 1. The van der Waals surface area contributed by atoms with Crippen molar-refractivity contribution in [3.05, 3.63) is 53.1 Å². The number of halogens is 2. The molecule has 1 saturated carbocycles. The minimum atomic E-state index is -1.09. The Morgan fingerprint density at radius 3 is 2.67 bits per heavy atom. The van der Waals surface area contributed by atoms with Gasteiger partial charge in [-0.15, -0.1) is 10.2 Å². The number of carbonyl (C=O) groups is 2. The average Bonchev–Trinajstić information content (AvgIpc) is 3.44. The molecule has 0 unspecified atom stereocenters. The van der Waals surface area contributed by atoms with Crippen LogP contribution < -0.4 is 11.1 Å². The summed E-state index contributed by atoms with van der Waals surface area (Å²) >= 11 is 6.61. The second-order valence-electron chi connectivity index (χ2n) is 7.90. The molecule has 1 aromatic carbocycles. The lowest BCUT2D eigenvalue weighted by Crippen LogP contribution is -2.40. The number of aromatic nitrogens is 6. The lowest BCUT2D eigenvalue weighted by atomic mass is 10.1. The number of primary amides is 1. The number of tetrazole rings is 1. The number of hydrogen-bond acceptors (Lipinski definition) is 6. The van der Waals surface area contributed by atoms with E-state index < -0.39 is 17.1 Å². The van der Waals surface area contributed by atoms with Gasteiger partial charge in [-0.25, -0.2) is 4.39 Å². The van der Waals surface area contributed by atoms with E-state index >= 15 is 0 Å². The van der Waals surface area contributed by atoms with Crippen molar-refractivity contribution in [2.75, 3.05) is 0 Å². The monoisotopic (exact) mass is 468 g/mol. The summed E-state index contributed by atoms with van der Waals surface area (Å²) in [5.41, 5.74) is 6.56. The molecule has 12 heteroatoms. The lowest BCUT2D eigenvalue weighted by Gasteiger charge is -2.12. The number of hydrogen-bond donors (Lipinski definition) is 2. The smallest absolute Gasteiger partial charge is 0.236 e. The van der Waals surface area contributed by atoms with Gasteiger partial charge in [0.15, 0.2) is 0 Å². The molecule has 4 aromatic rings. The summed E-state index contributed by atoms with van der Waals surface area (Å²) in [6, 6.07) is 7.82. The van der Waals surface area contributed by atoms with Crippen LogP contribution in [-0.2, 0) is 23.2 Å². The van der Waals surface area contributed by atoms with Crippen LogP contribution in [0.3, 0.4) is 0 Å². The molecule has 0 spiro atoms. The second kappa shape index (κ2) is 7.62. The largest absolute Gasteiger partial charge is 0.369 e. The van der Waals surface area contributed by atoms with Crippen LogP contribution in [0.4, 0.5) is 4.39 Å². The molecule has 10 nitrogen and oxygen atoms in total. The molecule has 0 radical (unpaired) electrons. The van der Waals surface area contributed by atoms with E-state index in [4.69, 9.17) is 17.3 Å². The van der Waals surface area contributed by atoms with Gasteiger partial charge in [-0.2, -0.15) is 4.80 Å². The van der Waals surface area contributed by atoms with Crippen molar-refractivity contribution in [2.24, 2.45) is 18.2 Å². The van der Waals surface area contributed by atoms with E-state index in [0.717, 1.165) is 0 Å². The van der Waals surface area contributed by atoms with Crippen molar-refractivity contribution < 1.29 is 14.0 Å². The van der Waals surface area contributed by atoms with E-state index in [0.29, 0.717) is 40.8 Å². The third kappa shape index (κ3) is 3.50. The first-order valence-electron chi connectivity index (χ1n) is 10.1. The average molecular weight is 469 g/mol. The van der Waals surface area contributed by atoms with Crippen LogP contribution in [0.15, 0.2) is 36.5 Å². The normalized spacial score (nSPS) is 14.4. The van der Waals surface area contributed by atoms with Crippen molar-refractivity contribution in [3.63, 3.8) is 0 Å². The Labute approximate surface area is 191 Å². The van der Waals surface area contributed by atoms with Gasteiger partial charge < -0.3 is 15.6 Å². The topological polar surface area (TPSA) is 134 Å². The Morgan fingerprint density at radius 2 is 2.06 bits per heavy atom. The number of nitrogens with two attached hydrogens (primary N) is 1. The predicted molar refractivity (Wildman–Crippen MR) is 117 cm³/mol. The SMILES string of the molecule is Cn1nnc(-c2c(Cl)c3cc(F)ccc3n2-c2ccc(CNC(=O)C3(C(N)=O)CC3)nc2)n1. The van der Waals surface area contributed by atoms with Crippen LogP contribution in [0.25, 0.3) is 28.1 Å². The first kappa shape index (κ1) is 21.0. The summed E-state index contributed by atoms with van der Waals surface area (Å²) in [5, 5.41) is 15.7. The van der Waals surface area contributed by atoms with Crippen LogP contribution in [0.5, 0.6) is 0 Å². The minimum absolute atomic E-state index is 0.144. The Morgan fingerprint density at radius 1 is 1.27 bits per heavy atom. The maximum absolute atomic E-state index is 13.9. The minimum Gasteiger partial charge on any atom is -0.369 e. The third-order valence-electron chi connectivity index (χ3n) is 5.74. The number of carbonyl (C=O) groups excluding carboxylic acids is 2. The van der Waals surface area contributed by atoms with Crippen molar-refractivity contribution >= 4 is 34.3 Å². The van der Waals surface area contributed by atoms with Gasteiger partial charge in [-0.05, 0) is 48.4 Å². The van der Waals surface area contributed by atoms with Gasteiger partial charge in [0.2, 0.25) is 17.6 Å². The Balaban J connectivity index is 1.49. The second-order valence-corrected chi connectivity index (χ2v) is 8.28. The van der Waals surface area contributed by atoms with E-state index in [2.05, 4.69) is 25.7 Å². The standard InChI is InChI=1S/C21H18ClFN8O2/c1-30-28-18(27-29-30)17-16(22)14-8-11(23)2-5-15(14)31(17)13-4-3-12(25-10-13)9-26-20(33)21(6-7-21)19(24)32/h2-5,8,10H,6-7,9H2,1H3,(H2,24,32)(H,26,33). The maximum atomic E-state index is 13.9. The molecule has 0 aliphatic heterocycles. The fourth-order valence-corrected chi connectivity index (χ4v) is 4.09. The number of rotatable bonds is 6. The molecule has 168 valence electrons. The first-order valence-corrected chi connectivity index (χ1v) is 10.5. The molecule has 3 heterocycles. The fourth-order valence-electron chi connectivity index (χ4n) is 3.77. The summed E-state index contributed by atoms with van der Waals surface area (Å²) in [4.78, 5) is 29.5. The highest BCUT2D eigenvalue weighted by atomic mass is 35.5. The summed E-state index contributed by atoms with van der Waals surface area (Å²) in [7, 11) is 1.63. The number of fused-ring (bicyclic) bond motifs is 1. The van der Waals surface area contributed by atoms with Gasteiger partial charge in [0.25, 0.3) is 0 Å². The van der Waals surface area contributed by atoms with Crippen LogP contribution in [0, 0.1) is 11.2 Å². The van der Waals surface area contributed by atoms with Gasteiger partial charge >= 0.3 is 0 Å². The summed E-state index contributed by atoms with van der Waals surface area (Å²) in [5.74, 6) is -1.14. The third-order valence-corrected chi connectivity index (χ3v) is 6.12. The highest BCUT2D eigenvalue weighted by Crippen LogP contribution is 2.45. The van der Waals surface area contributed by atoms with E-state index in [1.165, 1.54) is 16.9 Å². The Hall–Kier alpha value is -3.86. The zero-order chi connectivity index (χ0) is 23.3. The van der Waals surface area contributed by atoms with Gasteiger partial charge in [-0.3, -0.25) is 14.6 Å². The van der Waals surface area contributed by atoms with E-state index in [1.54, 1.807) is 36.0 Å². The van der Waals surface area contributed by atoms with Crippen LogP contribution >= 0.6 is 11.6 Å². The number of aryl methyl sites for hydroxylation is 1. The zero-order valence-electron chi connectivity index (χ0n) is 17.4. The molecule has 3 N–H and O–H groups in total. The molecular weight excluding hydrogens is 451 g/mol. The van der Waals surface area contributed by atoms with Crippen LogP contribution in [0.1, 0.15) is 18.5 Å². The van der Waals surface area contributed by atoms with Crippen LogP contribution in [0.2, 0.25) is 5.02 Å². The Bertz CT molecular complexity index is 1410. The summed E-state index contributed by atoms with van der Waals surface area (Å²) < 4.78 is 15.7. The Kier molecular flexibility index (Phi) is 4.85. The number of amides is 2. The molecular formula is C21H18ClFN8O2. The molecule has 1 aliphatic rings. The van der Waals surface area contributed by atoms with Gasteiger partial charge in [-0.1, -0.05) is 11.6 Å². The molecule has 3 aromatic heterocycles. The fraction of sp³-hybridized carbons (Fsp3) is 0.238. The number of nitrogens with zero attached hydrogens (tertiary/aromatic N) is 6. The van der Waals surface area contributed by atoms with Crippen LogP contribution in [-0.4, -0.2) is 41.6 Å². The molecule has 0 atom stereocenters. The van der Waals surface area contributed by atoms with Crippen molar-refractivity contribution in [1.29, 1.82) is 0 Å². The maximum Gasteiger partial charge on any atom is 0.236 e. The van der Waals surface area contributed by atoms with Gasteiger partial charge in [0.1, 0.15) is 16.9 Å². The summed E-state index contributed by atoms with van der Waals surface area (Å²) in [6.45, 7) is 0.144. The first-order chi connectivity index (χ1) is 15.8. The number of benzene rings is 1. The van der Waals surface area contributed by atoms with Gasteiger partial charge in [0.05, 0.1) is 41.7 Å². The lowest BCUT2D eigenvalue weighted by molar-refractivity contribution is -0.135. The molecule has 2 amide bonds. The van der Waals surface area contributed by atoms with E-state index in [9.17, 15) is 14.0 Å². The highest BCUT2D eigenvalue weighted by Gasteiger charge is 2.55. The molecule has 0 saturated heterocycles. The predicted octanol–water partition coefficient (Wildman–Crippen LogP) is 1.89. The zero-order valence-corrected chi connectivity index (χ0v) is 18.2. The molecule has 1 fully saturated rings. The van der Waals surface area contributed by atoms with E-state index in [1.807, 2.05) is 0 Å². The molecule has 1 aliphatic carbocycles. The quantitative estimate of drug-likeness (QED) is 0.415. The van der Waals surface area contributed by atoms with Crippen molar-refractivity contribution in [3.8, 4) is 17.2 Å². The number of nitrogens with one attached hydrogen (secondary N) is 1. The molecule has 0 bridgehead atoms. The highest BCUT2D eigenvalue weighted by molar-refractivity contribution is 6.38. The molecule has 5 rings (SSSR count). The van der Waals surface area contributed by atoms with E-state index in [-0.39, 0.29) is 23.3 Å². The summed E-state index contributed by atoms with van der Waals surface area (Å²) in [6.07, 6.45) is 2.52. The van der Waals surface area contributed by atoms with Crippen molar-refractivity contribution in [2.45, 2.75) is 19.4 Å². The van der Waals surface area contributed by atoms with Gasteiger partial charge in [0, 0.05) is 5.39 Å².